The lowest BCUT2D eigenvalue weighted by atomic mass is 9.72. The van der Waals surface area contributed by atoms with Crippen molar-refractivity contribution in [2.45, 2.75) is 25.7 Å². The molecule has 1 aromatic carbocycles. The Labute approximate surface area is 96.7 Å². The van der Waals surface area contributed by atoms with Crippen molar-refractivity contribution in [2.24, 2.45) is 11.3 Å². The summed E-state index contributed by atoms with van der Waals surface area (Å²) in [7, 11) is 0. The van der Waals surface area contributed by atoms with Gasteiger partial charge in [0.1, 0.15) is 0 Å². The SMILES string of the molecule is CC1(C)c2ccccc2C2=CC=CC3CC231. The van der Waals surface area contributed by atoms with E-state index in [1.807, 2.05) is 0 Å². The van der Waals surface area contributed by atoms with Crippen molar-refractivity contribution in [1.82, 2.24) is 0 Å². The summed E-state index contributed by atoms with van der Waals surface area (Å²) < 4.78 is 0. The number of fused-ring (bicyclic) bond motifs is 2. The van der Waals surface area contributed by atoms with Crippen LogP contribution in [0.3, 0.4) is 0 Å². The molecule has 0 heterocycles. The second-order valence-corrected chi connectivity index (χ2v) is 5.92. The Morgan fingerprint density at radius 3 is 2.88 bits per heavy atom. The Morgan fingerprint density at radius 1 is 1.19 bits per heavy atom. The molecule has 3 aliphatic carbocycles. The van der Waals surface area contributed by atoms with Crippen molar-refractivity contribution >= 4 is 5.57 Å². The molecule has 0 bridgehead atoms. The van der Waals surface area contributed by atoms with Crippen molar-refractivity contribution in [1.29, 1.82) is 0 Å². The van der Waals surface area contributed by atoms with Gasteiger partial charge in [-0.05, 0) is 29.0 Å². The van der Waals surface area contributed by atoms with Crippen LogP contribution in [0.25, 0.3) is 5.57 Å². The first-order chi connectivity index (χ1) is 7.68. The molecule has 80 valence electrons. The zero-order chi connectivity index (χ0) is 11.0. The summed E-state index contributed by atoms with van der Waals surface area (Å²) in [6.45, 7) is 4.84. The van der Waals surface area contributed by atoms with Crippen LogP contribution in [0.5, 0.6) is 0 Å². The molecule has 1 fully saturated rings. The van der Waals surface area contributed by atoms with Crippen LogP contribution < -0.4 is 0 Å². The summed E-state index contributed by atoms with van der Waals surface area (Å²) in [5, 5.41) is 0. The summed E-state index contributed by atoms with van der Waals surface area (Å²) in [6.07, 6.45) is 8.34. The number of hydrogen-bond acceptors (Lipinski definition) is 0. The van der Waals surface area contributed by atoms with Gasteiger partial charge in [0, 0.05) is 10.8 Å². The van der Waals surface area contributed by atoms with Gasteiger partial charge in [0.15, 0.2) is 0 Å². The van der Waals surface area contributed by atoms with Gasteiger partial charge in [0.25, 0.3) is 0 Å². The third-order valence-electron chi connectivity index (χ3n) is 5.11. The van der Waals surface area contributed by atoms with Gasteiger partial charge in [-0.3, -0.25) is 0 Å². The van der Waals surface area contributed by atoms with E-state index in [2.05, 4.69) is 56.3 Å². The molecule has 0 saturated heterocycles. The standard InChI is InChI=1S/C16H16/c1-15(2)13-8-4-3-7-12(13)14-9-5-6-11-10-16(11,14)15/h3-9,11H,10H2,1-2H3. The van der Waals surface area contributed by atoms with E-state index in [1.165, 1.54) is 12.0 Å². The van der Waals surface area contributed by atoms with Crippen LogP contribution in [0.2, 0.25) is 0 Å². The number of rotatable bonds is 0. The highest BCUT2D eigenvalue weighted by atomic mass is 14.7. The van der Waals surface area contributed by atoms with Crippen LogP contribution in [-0.4, -0.2) is 0 Å². The minimum absolute atomic E-state index is 0.310. The van der Waals surface area contributed by atoms with Gasteiger partial charge in [-0.15, -0.1) is 0 Å². The van der Waals surface area contributed by atoms with E-state index < -0.39 is 0 Å². The maximum atomic E-state index is 2.42. The van der Waals surface area contributed by atoms with Crippen LogP contribution in [0.15, 0.2) is 42.5 Å². The van der Waals surface area contributed by atoms with Gasteiger partial charge >= 0.3 is 0 Å². The Hall–Kier alpha value is -1.30. The van der Waals surface area contributed by atoms with Gasteiger partial charge < -0.3 is 0 Å². The van der Waals surface area contributed by atoms with E-state index in [0.717, 1.165) is 5.92 Å². The molecule has 2 unspecified atom stereocenters. The molecule has 3 aliphatic rings. The summed E-state index contributed by atoms with van der Waals surface area (Å²) in [5.74, 6) is 0.787. The third kappa shape index (κ3) is 0.704. The van der Waals surface area contributed by atoms with Crippen LogP contribution in [-0.2, 0) is 5.41 Å². The quantitative estimate of drug-likeness (QED) is 0.606. The Morgan fingerprint density at radius 2 is 2.00 bits per heavy atom. The van der Waals surface area contributed by atoms with Crippen LogP contribution in [0.4, 0.5) is 0 Å². The minimum Gasteiger partial charge on any atom is -0.0805 e. The topological polar surface area (TPSA) is 0 Å². The van der Waals surface area contributed by atoms with E-state index in [1.54, 1.807) is 11.1 Å². The smallest absolute Gasteiger partial charge is 0.0120 e. The average Bonchev–Trinajstić information content (AvgIpc) is 3.00. The normalized spacial score (nSPS) is 36.1. The van der Waals surface area contributed by atoms with Gasteiger partial charge in [0.05, 0.1) is 0 Å². The van der Waals surface area contributed by atoms with Crippen molar-refractivity contribution < 1.29 is 0 Å². The molecule has 1 aromatic rings. The maximum Gasteiger partial charge on any atom is 0.0120 e. The fraction of sp³-hybridized carbons (Fsp3) is 0.375. The number of hydrogen-bond donors (Lipinski definition) is 0. The molecule has 1 saturated carbocycles. The molecular formula is C16H16. The lowest BCUT2D eigenvalue weighted by Crippen LogP contribution is -2.27. The van der Waals surface area contributed by atoms with Gasteiger partial charge in [0.2, 0.25) is 0 Å². The molecule has 0 amide bonds. The summed E-state index contributed by atoms with van der Waals surface area (Å²) in [6, 6.07) is 8.97. The molecule has 0 radical (unpaired) electrons. The maximum absolute atomic E-state index is 2.42. The summed E-state index contributed by atoms with van der Waals surface area (Å²) >= 11 is 0. The van der Waals surface area contributed by atoms with Gasteiger partial charge in [-0.2, -0.15) is 0 Å². The lowest BCUT2D eigenvalue weighted by Gasteiger charge is -2.31. The van der Waals surface area contributed by atoms with Crippen molar-refractivity contribution in [3.63, 3.8) is 0 Å². The first kappa shape index (κ1) is 8.81. The highest BCUT2D eigenvalue weighted by Gasteiger charge is 2.68. The Bertz CT molecular complexity index is 545. The van der Waals surface area contributed by atoms with Crippen molar-refractivity contribution in [3.8, 4) is 0 Å². The second kappa shape index (κ2) is 2.34. The first-order valence-electron chi connectivity index (χ1n) is 6.17. The molecule has 0 aromatic heterocycles. The molecule has 0 heteroatoms. The molecule has 1 spiro atoms. The molecule has 0 N–H and O–H groups in total. The first-order valence-corrected chi connectivity index (χ1v) is 6.17. The monoisotopic (exact) mass is 208 g/mol. The lowest BCUT2D eigenvalue weighted by molar-refractivity contribution is 0.376. The fourth-order valence-corrected chi connectivity index (χ4v) is 4.15. The van der Waals surface area contributed by atoms with Gasteiger partial charge in [-0.1, -0.05) is 56.3 Å². The molecule has 4 rings (SSSR count). The van der Waals surface area contributed by atoms with E-state index in [4.69, 9.17) is 0 Å². The van der Waals surface area contributed by atoms with E-state index in [0.29, 0.717) is 10.8 Å². The molecule has 2 atom stereocenters. The largest absolute Gasteiger partial charge is 0.0805 e. The van der Waals surface area contributed by atoms with Crippen LogP contribution >= 0.6 is 0 Å². The zero-order valence-corrected chi connectivity index (χ0v) is 9.83. The van der Waals surface area contributed by atoms with E-state index in [-0.39, 0.29) is 0 Å². The molecule has 0 nitrogen and oxygen atoms in total. The number of allylic oxidation sites excluding steroid dienone is 4. The molecule has 16 heavy (non-hydrogen) atoms. The van der Waals surface area contributed by atoms with E-state index in [9.17, 15) is 0 Å². The summed E-state index contributed by atoms with van der Waals surface area (Å²) in [5.41, 5.74) is 5.39. The van der Waals surface area contributed by atoms with Crippen LogP contribution in [0, 0.1) is 11.3 Å². The second-order valence-electron chi connectivity index (χ2n) is 5.92. The minimum atomic E-state index is 0.310. The van der Waals surface area contributed by atoms with Crippen molar-refractivity contribution in [2.75, 3.05) is 0 Å². The fourth-order valence-electron chi connectivity index (χ4n) is 4.15. The number of benzene rings is 1. The Kier molecular flexibility index (Phi) is 1.29. The predicted octanol–water partition coefficient (Wildman–Crippen LogP) is 3.94. The van der Waals surface area contributed by atoms with Crippen molar-refractivity contribution in [3.05, 3.63) is 53.6 Å². The molecule has 0 aliphatic heterocycles. The van der Waals surface area contributed by atoms with Crippen LogP contribution in [0.1, 0.15) is 31.4 Å². The average molecular weight is 208 g/mol. The van der Waals surface area contributed by atoms with Gasteiger partial charge in [-0.25, -0.2) is 0 Å². The highest BCUT2D eigenvalue weighted by molar-refractivity contribution is 5.85. The Balaban J connectivity index is 2.08. The zero-order valence-electron chi connectivity index (χ0n) is 9.83. The molecular weight excluding hydrogens is 192 g/mol. The summed E-state index contributed by atoms with van der Waals surface area (Å²) in [4.78, 5) is 0. The third-order valence-corrected chi connectivity index (χ3v) is 5.11. The van der Waals surface area contributed by atoms with E-state index >= 15 is 0 Å². The highest BCUT2D eigenvalue weighted by Crippen LogP contribution is 2.75. The predicted molar refractivity (Wildman–Crippen MR) is 67.1 cm³/mol.